The van der Waals surface area contributed by atoms with Crippen LogP contribution < -0.4 is 10.6 Å². The van der Waals surface area contributed by atoms with Crippen molar-refractivity contribution in [3.05, 3.63) is 28.2 Å². The van der Waals surface area contributed by atoms with E-state index in [0.29, 0.717) is 12.0 Å². The summed E-state index contributed by atoms with van der Waals surface area (Å²) in [4.78, 5) is 2.35. The quantitative estimate of drug-likeness (QED) is 0.380. The maximum absolute atomic E-state index is 8.93. The van der Waals surface area contributed by atoms with Crippen LogP contribution in [0.1, 0.15) is 32.3 Å². The summed E-state index contributed by atoms with van der Waals surface area (Å²) in [5.74, 6) is 0.822. The molecule has 0 saturated carbocycles. The van der Waals surface area contributed by atoms with Crippen LogP contribution in [0.3, 0.4) is 0 Å². The SMILES string of the molecule is CC1CCC(C)N(c2cc(Br)ccc2/C(N)=N/O)C1. The first-order valence-electron chi connectivity index (χ1n) is 6.57. The molecule has 3 N–H and O–H groups in total. The lowest BCUT2D eigenvalue weighted by Crippen LogP contribution is -2.42. The number of piperidine rings is 1. The molecule has 5 heteroatoms. The van der Waals surface area contributed by atoms with Gasteiger partial charge in [-0.1, -0.05) is 28.0 Å². The van der Waals surface area contributed by atoms with Crippen LogP contribution in [-0.2, 0) is 0 Å². The number of nitrogens with two attached hydrogens (primary N) is 1. The van der Waals surface area contributed by atoms with E-state index >= 15 is 0 Å². The maximum Gasteiger partial charge on any atom is 0.172 e. The lowest BCUT2D eigenvalue weighted by Gasteiger charge is -2.39. The molecular weight excluding hydrogens is 306 g/mol. The Hall–Kier alpha value is -1.23. The predicted molar refractivity (Wildman–Crippen MR) is 81.9 cm³/mol. The third-order valence-corrected chi connectivity index (χ3v) is 4.26. The van der Waals surface area contributed by atoms with Crippen LogP contribution in [0.15, 0.2) is 27.8 Å². The minimum atomic E-state index is 0.160. The number of rotatable bonds is 2. The monoisotopic (exact) mass is 325 g/mol. The van der Waals surface area contributed by atoms with E-state index in [1.807, 2.05) is 18.2 Å². The first kappa shape index (κ1) is 14.2. The van der Waals surface area contributed by atoms with E-state index in [1.165, 1.54) is 12.8 Å². The zero-order chi connectivity index (χ0) is 14.0. The molecule has 19 heavy (non-hydrogen) atoms. The molecule has 4 nitrogen and oxygen atoms in total. The fourth-order valence-corrected chi connectivity index (χ4v) is 2.99. The first-order chi connectivity index (χ1) is 9.02. The highest BCUT2D eigenvalue weighted by Gasteiger charge is 2.25. The summed E-state index contributed by atoms with van der Waals surface area (Å²) in [6, 6.07) is 6.31. The van der Waals surface area contributed by atoms with Gasteiger partial charge in [-0.15, -0.1) is 0 Å². The summed E-state index contributed by atoms with van der Waals surface area (Å²) in [7, 11) is 0. The van der Waals surface area contributed by atoms with Crippen LogP contribution in [0, 0.1) is 5.92 Å². The lowest BCUT2D eigenvalue weighted by atomic mass is 9.93. The Kier molecular flexibility index (Phi) is 4.34. The summed E-state index contributed by atoms with van der Waals surface area (Å²) in [6.07, 6.45) is 2.42. The van der Waals surface area contributed by atoms with E-state index in [2.05, 4.69) is 39.8 Å². The Labute approximate surface area is 122 Å². The largest absolute Gasteiger partial charge is 0.409 e. The molecule has 1 saturated heterocycles. The highest BCUT2D eigenvalue weighted by Crippen LogP contribution is 2.32. The van der Waals surface area contributed by atoms with Crippen LogP contribution in [0.5, 0.6) is 0 Å². The third kappa shape index (κ3) is 3.03. The van der Waals surface area contributed by atoms with Gasteiger partial charge in [-0.25, -0.2) is 0 Å². The standard InChI is InChI=1S/C14H20BrN3O/c1-9-3-4-10(2)18(8-9)13-7-11(15)5-6-12(13)14(16)17-19/h5-7,9-10,19H,3-4,8H2,1-2H3,(H2,16,17). The highest BCUT2D eigenvalue weighted by atomic mass is 79.9. The summed E-state index contributed by atoms with van der Waals surface area (Å²) >= 11 is 3.50. The number of benzene rings is 1. The van der Waals surface area contributed by atoms with E-state index in [4.69, 9.17) is 10.9 Å². The van der Waals surface area contributed by atoms with Gasteiger partial charge in [0.15, 0.2) is 5.84 Å². The Morgan fingerprint density at radius 3 is 2.84 bits per heavy atom. The van der Waals surface area contributed by atoms with Crippen molar-refractivity contribution in [2.75, 3.05) is 11.4 Å². The molecule has 1 heterocycles. The highest BCUT2D eigenvalue weighted by molar-refractivity contribution is 9.10. The average molecular weight is 326 g/mol. The van der Waals surface area contributed by atoms with Gasteiger partial charge in [0.2, 0.25) is 0 Å². The van der Waals surface area contributed by atoms with Gasteiger partial charge in [-0.3, -0.25) is 0 Å². The lowest BCUT2D eigenvalue weighted by molar-refractivity contribution is 0.318. The molecular formula is C14H20BrN3O. The summed E-state index contributed by atoms with van der Waals surface area (Å²) < 4.78 is 1.00. The van der Waals surface area contributed by atoms with Crippen LogP contribution in [0.2, 0.25) is 0 Å². The number of anilines is 1. The van der Waals surface area contributed by atoms with Crippen molar-refractivity contribution in [3.8, 4) is 0 Å². The summed E-state index contributed by atoms with van der Waals surface area (Å²) in [5.41, 5.74) is 7.61. The van der Waals surface area contributed by atoms with Crippen molar-refractivity contribution in [3.63, 3.8) is 0 Å². The van der Waals surface area contributed by atoms with Gasteiger partial charge in [0.1, 0.15) is 0 Å². The Balaban J connectivity index is 2.44. The normalized spacial score (nSPS) is 24.6. The van der Waals surface area contributed by atoms with Crippen molar-refractivity contribution in [1.29, 1.82) is 0 Å². The van der Waals surface area contributed by atoms with Gasteiger partial charge >= 0.3 is 0 Å². The van der Waals surface area contributed by atoms with Gasteiger partial charge in [-0.05, 0) is 43.9 Å². The molecule has 1 aliphatic heterocycles. The van der Waals surface area contributed by atoms with Gasteiger partial charge in [0.25, 0.3) is 0 Å². The number of amidine groups is 1. The molecule has 2 rings (SSSR count). The topological polar surface area (TPSA) is 61.8 Å². The molecule has 2 atom stereocenters. The summed E-state index contributed by atoms with van der Waals surface area (Å²) in [5, 5.41) is 12.1. The van der Waals surface area contributed by atoms with Crippen LogP contribution >= 0.6 is 15.9 Å². The third-order valence-electron chi connectivity index (χ3n) is 3.77. The zero-order valence-electron chi connectivity index (χ0n) is 11.3. The molecule has 0 amide bonds. The molecule has 2 unspecified atom stereocenters. The van der Waals surface area contributed by atoms with Gasteiger partial charge in [0, 0.05) is 28.3 Å². The second-order valence-electron chi connectivity index (χ2n) is 5.33. The van der Waals surface area contributed by atoms with Gasteiger partial charge < -0.3 is 15.8 Å². The molecule has 0 aliphatic carbocycles. The van der Waals surface area contributed by atoms with Gasteiger partial charge in [-0.2, -0.15) is 0 Å². The van der Waals surface area contributed by atoms with Gasteiger partial charge in [0.05, 0.1) is 0 Å². The fourth-order valence-electron chi connectivity index (χ4n) is 2.64. The second-order valence-corrected chi connectivity index (χ2v) is 6.25. The van der Waals surface area contributed by atoms with E-state index in [1.54, 1.807) is 0 Å². The molecule has 1 aromatic carbocycles. The maximum atomic E-state index is 8.93. The Bertz CT molecular complexity index is 490. The molecule has 1 fully saturated rings. The average Bonchev–Trinajstić information content (AvgIpc) is 2.40. The second kappa shape index (κ2) is 5.82. The van der Waals surface area contributed by atoms with Crippen LogP contribution in [-0.4, -0.2) is 23.6 Å². The molecule has 0 spiro atoms. The van der Waals surface area contributed by atoms with Crippen molar-refractivity contribution < 1.29 is 5.21 Å². The number of nitrogens with zero attached hydrogens (tertiary/aromatic N) is 2. The first-order valence-corrected chi connectivity index (χ1v) is 7.36. The molecule has 0 aromatic heterocycles. The van der Waals surface area contributed by atoms with E-state index < -0.39 is 0 Å². The van der Waals surface area contributed by atoms with Crippen molar-refractivity contribution in [2.24, 2.45) is 16.8 Å². The summed E-state index contributed by atoms with van der Waals surface area (Å²) in [6.45, 7) is 5.49. The minimum Gasteiger partial charge on any atom is -0.409 e. The number of hydrogen-bond donors (Lipinski definition) is 2. The molecule has 0 bridgehead atoms. The van der Waals surface area contributed by atoms with E-state index in [0.717, 1.165) is 22.3 Å². The van der Waals surface area contributed by atoms with Crippen molar-refractivity contribution in [2.45, 2.75) is 32.7 Å². The molecule has 0 radical (unpaired) electrons. The van der Waals surface area contributed by atoms with Crippen molar-refractivity contribution in [1.82, 2.24) is 0 Å². The number of hydrogen-bond acceptors (Lipinski definition) is 3. The zero-order valence-corrected chi connectivity index (χ0v) is 12.9. The van der Waals surface area contributed by atoms with Crippen LogP contribution in [0.4, 0.5) is 5.69 Å². The van der Waals surface area contributed by atoms with E-state index in [-0.39, 0.29) is 5.84 Å². The van der Waals surface area contributed by atoms with Crippen molar-refractivity contribution >= 4 is 27.5 Å². The smallest absolute Gasteiger partial charge is 0.172 e. The molecule has 1 aliphatic rings. The Morgan fingerprint density at radius 1 is 1.42 bits per heavy atom. The van der Waals surface area contributed by atoms with Crippen LogP contribution in [0.25, 0.3) is 0 Å². The van der Waals surface area contributed by atoms with E-state index in [9.17, 15) is 0 Å². The minimum absolute atomic E-state index is 0.160. The number of halogens is 1. The molecule has 1 aromatic rings. The fraction of sp³-hybridized carbons (Fsp3) is 0.500. The molecule has 104 valence electrons. The Morgan fingerprint density at radius 2 is 2.16 bits per heavy atom. The number of oxime groups is 1. The predicted octanol–water partition coefficient (Wildman–Crippen LogP) is 3.17.